The second kappa shape index (κ2) is 9.22. The highest BCUT2D eigenvalue weighted by Gasteiger charge is 2.44. The maximum atomic E-state index is 6.56. The molecule has 1 aliphatic heterocycles. The summed E-state index contributed by atoms with van der Waals surface area (Å²) in [7, 11) is -3.58. The van der Waals surface area contributed by atoms with E-state index >= 15 is 0 Å². The lowest BCUT2D eigenvalue weighted by molar-refractivity contribution is -0.0305. The molecular weight excluding hydrogens is 372 g/mol. The summed E-state index contributed by atoms with van der Waals surface area (Å²) in [6.07, 6.45) is 2.70. The molecule has 1 aliphatic rings. The minimum Gasteiger partial charge on any atom is -0.417 e. The Morgan fingerprint density at radius 2 is 1.52 bits per heavy atom. The van der Waals surface area contributed by atoms with Crippen molar-refractivity contribution >= 4 is 16.6 Å². The SMILES string of the molecule is C=C[C@@H](O[Si](C)(C)C(C)(C)C)[C@H](OCCCO[Si](C)(C)C(C)(C)C)[C@H]1CO1. The van der Waals surface area contributed by atoms with Gasteiger partial charge in [-0.1, -0.05) is 47.6 Å². The van der Waals surface area contributed by atoms with Gasteiger partial charge in [0.05, 0.1) is 12.7 Å². The van der Waals surface area contributed by atoms with Gasteiger partial charge in [0.25, 0.3) is 0 Å². The third kappa shape index (κ3) is 7.40. The van der Waals surface area contributed by atoms with E-state index in [1.165, 1.54) is 0 Å². The molecule has 1 saturated heterocycles. The standard InChI is InChI=1S/C21H44O4Si2/c1-12-17(25-27(10,11)21(5,6)7)19(18-16-23-18)22-14-13-15-24-26(8,9)20(2,3)4/h12,17-19H,1,13-16H2,2-11H3/t17-,18-,19+/m1/s1. The molecule has 1 heterocycles. The summed E-state index contributed by atoms with van der Waals surface area (Å²) in [5.74, 6) is 0. The summed E-state index contributed by atoms with van der Waals surface area (Å²) < 4.78 is 24.6. The molecule has 1 rings (SSSR count). The molecule has 0 bridgehead atoms. The number of ether oxygens (including phenoxy) is 2. The highest BCUT2D eigenvalue weighted by molar-refractivity contribution is 6.74. The molecular formula is C21H44O4Si2. The minimum atomic E-state index is -1.90. The van der Waals surface area contributed by atoms with Gasteiger partial charge in [-0.3, -0.25) is 0 Å². The lowest BCUT2D eigenvalue weighted by Crippen LogP contribution is -2.48. The Morgan fingerprint density at radius 3 is 1.93 bits per heavy atom. The molecule has 0 saturated carbocycles. The average molecular weight is 417 g/mol. The van der Waals surface area contributed by atoms with Crippen molar-refractivity contribution in [3.8, 4) is 0 Å². The fourth-order valence-corrected chi connectivity index (χ4v) is 4.60. The molecule has 0 unspecified atom stereocenters. The summed E-state index contributed by atoms with van der Waals surface area (Å²) in [5.41, 5.74) is 0. The van der Waals surface area contributed by atoms with Crippen LogP contribution >= 0.6 is 0 Å². The van der Waals surface area contributed by atoms with Gasteiger partial charge in [0.2, 0.25) is 0 Å². The van der Waals surface area contributed by atoms with Crippen molar-refractivity contribution < 1.29 is 18.3 Å². The van der Waals surface area contributed by atoms with E-state index in [0.29, 0.717) is 6.61 Å². The van der Waals surface area contributed by atoms with Crippen LogP contribution in [0.4, 0.5) is 0 Å². The minimum absolute atomic E-state index is 0.0792. The zero-order valence-electron chi connectivity index (χ0n) is 19.5. The van der Waals surface area contributed by atoms with Crippen molar-refractivity contribution in [2.75, 3.05) is 19.8 Å². The van der Waals surface area contributed by atoms with Gasteiger partial charge < -0.3 is 18.3 Å². The molecule has 3 atom stereocenters. The monoisotopic (exact) mass is 416 g/mol. The lowest BCUT2D eigenvalue weighted by Gasteiger charge is -2.40. The summed E-state index contributed by atoms with van der Waals surface area (Å²) >= 11 is 0. The van der Waals surface area contributed by atoms with E-state index in [9.17, 15) is 0 Å². The first-order valence-electron chi connectivity index (χ1n) is 10.3. The van der Waals surface area contributed by atoms with E-state index in [-0.39, 0.29) is 28.4 Å². The quantitative estimate of drug-likeness (QED) is 0.186. The van der Waals surface area contributed by atoms with Crippen molar-refractivity contribution in [3.05, 3.63) is 12.7 Å². The number of rotatable bonds is 11. The highest BCUT2D eigenvalue weighted by Crippen LogP contribution is 2.39. The second-order valence-corrected chi connectivity index (χ2v) is 20.3. The van der Waals surface area contributed by atoms with Crippen LogP contribution in [0.1, 0.15) is 48.0 Å². The van der Waals surface area contributed by atoms with Crippen LogP contribution in [0.2, 0.25) is 36.3 Å². The van der Waals surface area contributed by atoms with Gasteiger partial charge in [0.15, 0.2) is 16.6 Å². The molecule has 6 heteroatoms. The number of epoxide rings is 1. The van der Waals surface area contributed by atoms with E-state index < -0.39 is 16.6 Å². The maximum Gasteiger partial charge on any atom is 0.193 e. The van der Waals surface area contributed by atoms with Gasteiger partial charge in [-0.15, -0.1) is 6.58 Å². The largest absolute Gasteiger partial charge is 0.417 e. The fourth-order valence-electron chi connectivity index (χ4n) is 2.25. The molecule has 0 spiro atoms. The van der Waals surface area contributed by atoms with Gasteiger partial charge in [-0.05, 0) is 42.7 Å². The molecule has 0 amide bonds. The van der Waals surface area contributed by atoms with Crippen LogP contribution in [-0.4, -0.2) is 54.8 Å². The highest BCUT2D eigenvalue weighted by atomic mass is 28.4. The predicted molar refractivity (Wildman–Crippen MR) is 120 cm³/mol. The lowest BCUT2D eigenvalue weighted by atomic mass is 10.1. The van der Waals surface area contributed by atoms with Crippen molar-refractivity contribution in [3.63, 3.8) is 0 Å². The summed E-state index contributed by atoms with van der Waals surface area (Å²) in [6, 6.07) is 0. The normalized spacial score (nSPS) is 21.0. The molecule has 4 nitrogen and oxygen atoms in total. The average Bonchev–Trinajstić information content (AvgIpc) is 3.31. The summed E-state index contributed by atoms with van der Waals surface area (Å²) in [6.45, 7) is 28.8. The molecule has 0 N–H and O–H groups in total. The molecule has 1 fully saturated rings. The van der Waals surface area contributed by atoms with E-state index in [0.717, 1.165) is 19.6 Å². The van der Waals surface area contributed by atoms with Crippen LogP contribution < -0.4 is 0 Å². The molecule has 0 aromatic rings. The molecule has 0 aliphatic carbocycles. The van der Waals surface area contributed by atoms with Gasteiger partial charge in [0.1, 0.15) is 12.2 Å². The zero-order valence-corrected chi connectivity index (χ0v) is 21.5. The molecule has 160 valence electrons. The second-order valence-electron chi connectivity index (χ2n) is 10.7. The van der Waals surface area contributed by atoms with Crippen LogP contribution in [0.5, 0.6) is 0 Å². The zero-order chi connectivity index (χ0) is 21.1. The van der Waals surface area contributed by atoms with Crippen molar-refractivity contribution in [1.29, 1.82) is 0 Å². The molecule has 0 aromatic carbocycles. The van der Waals surface area contributed by atoms with Crippen molar-refractivity contribution in [2.45, 2.75) is 103 Å². The Bertz CT molecular complexity index is 474. The molecule has 27 heavy (non-hydrogen) atoms. The Morgan fingerprint density at radius 1 is 1.00 bits per heavy atom. The van der Waals surface area contributed by atoms with Gasteiger partial charge in [-0.25, -0.2) is 0 Å². The first-order chi connectivity index (χ1) is 12.1. The first-order valence-corrected chi connectivity index (χ1v) is 16.1. The Balaban J connectivity index is 2.55. The fraction of sp³-hybridized carbons (Fsp3) is 0.905. The number of hydrogen-bond acceptors (Lipinski definition) is 4. The van der Waals surface area contributed by atoms with Crippen LogP contribution in [0.3, 0.4) is 0 Å². The van der Waals surface area contributed by atoms with E-state index in [1.54, 1.807) is 0 Å². The Labute approximate surface area is 170 Å². The predicted octanol–water partition coefficient (Wildman–Crippen LogP) is 5.76. The van der Waals surface area contributed by atoms with Gasteiger partial charge in [-0.2, -0.15) is 0 Å². The van der Waals surface area contributed by atoms with E-state index in [4.69, 9.17) is 18.3 Å². The maximum absolute atomic E-state index is 6.56. The van der Waals surface area contributed by atoms with Crippen LogP contribution in [-0.2, 0) is 18.3 Å². The van der Waals surface area contributed by atoms with E-state index in [2.05, 4.69) is 74.3 Å². The van der Waals surface area contributed by atoms with Crippen LogP contribution in [0.25, 0.3) is 0 Å². The van der Waals surface area contributed by atoms with Gasteiger partial charge >= 0.3 is 0 Å². The first kappa shape index (κ1) is 25.1. The number of hydrogen-bond donors (Lipinski definition) is 0. The smallest absolute Gasteiger partial charge is 0.193 e. The van der Waals surface area contributed by atoms with Gasteiger partial charge in [0, 0.05) is 13.2 Å². The van der Waals surface area contributed by atoms with E-state index in [1.807, 2.05) is 6.08 Å². The molecule has 0 aromatic heterocycles. The topological polar surface area (TPSA) is 40.2 Å². The summed E-state index contributed by atoms with van der Waals surface area (Å²) in [4.78, 5) is 0. The van der Waals surface area contributed by atoms with Crippen LogP contribution in [0, 0.1) is 0 Å². The van der Waals surface area contributed by atoms with Crippen LogP contribution in [0.15, 0.2) is 12.7 Å². The third-order valence-electron chi connectivity index (χ3n) is 6.39. The van der Waals surface area contributed by atoms with Crippen molar-refractivity contribution in [2.24, 2.45) is 0 Å². The Kier molecular flexibility index (Phi) is 8.56. The third-order valence-corrected chi connectivity index (χ3v) is 15.4. The molecule has 0 radical (unpaired) electrons. The summed E-state index contributed by atoms with van der Waals surface area (Å²) in [5, 5.41) is 0.392. The van der Waals surface area contributed by atoms with Crippen molar-refractivity contribution in [1.82, 2.24) is 0 Å². The Hall–Kier alpha value is 0.0138.